The first kappa shape index (κ1) is 14.6. The molecule has 2 rings (SSSR count). The third-order valence-electron chi connectivity index (χ3n) is 2.98. The van der Waals surface area contributed by atoms with Crippen LogP contribution in [-0.2, 0) is 20.9 Å². The standard InChI is InChI=1S/C14H15BrN2O3/c1-9(14(19)20-2)16-13(18)8-17-6-5-10-7-11(15)3-4-12(10)17/h3-7,9H,8H2,1-2H3,(H,16,18)/t9-/m1/s1. The highest BCUT2D eigenvalue weighted by Gasteiger charge is 2.16. The lowest BCUT2D eigenvalue weighted by Crippen LogP contribution is -2.40. The molecule has 0 saturated carbocycles. The zero-order chi connectivity index (χ0) is 14.7. The number of rotatable bonds is 4. The minimum Gasteiger partial charge on any atom is -0.467 e. The monoisotopic (exact) mass is 338 g/mol. The normalized spacial score (nSPS) is 12.2. The number of nitrogens with one attached hydrogen (secondary N) is 1. The predicted molar refractivity (Wildman–Crippen MR) is 79.3 cm³/mol. The first-order chi connectivity index (χ1) is 9.51. The van der Waals surface area contributed by atoms with Crippen molar-refractivity contribution in [1.29, 1.82) is 0 Å². The van der Waals surface area contributed by atoms with E-state index in [-0.39, 0.29) is 12.5 Å². The number of ether oxygens (including phenoxy) is 1. The SMILES string of the molecule is COC(=O)[C@@H](C)NC(=O)Cn1ccc2cc(Br)ccc21. The van der Waals surface area contributed by atoms with E-state index in [9.17, 15) is 9.59 Å². The fourth-order valence-corrected chi connectivity index (χ4v) is 2.37. The maximum absolute atomic E-state index is 11.9. The highest BCUT2D eigenvalue weighted by molar-refractivity contribution is 9.10. The Balaban J connectivity index is 2.08. The van der Waals surface area contributed by atoms with Crippen LogP contribution in [-0.4, -0.2) is 29.6 Å². The van der Waals surface area contributed by atoms with Crippen molar-refractivity contribution in [3.63, 3.8) is 0 Å². The minimum absolute atomic E-state index is 0.159. The third-order valence-corrected chi connectivity index (χ3v) is 3.47. The van der Waals surface area contributed by atoms with Crippen LogP contribution in [0.1, 0.15) is 6.92 Å². The summed E-state index contributed by atoms with van der Waals surface area (Å²) in [4.78, 5) is 23.2. The number of hydrogen-bond donors (Lipinski definition) is 1. The molecular formula is C14H15BrN2O3. The van der Waals surface area contributed by atoms with Gasteiger partial charge in [-0.2, -0.15) is 0 Å². The van der Waals surface area contributed by atoms with Crippen molar-refractivity contribution in [2.75, 3.05) is 7.11 Å². The molecule has 1 atom stereocenters. The summed E-state index contributed by atoms with van der Waals surface area (Å²) in [5.74, 6) is -0.692. The molecule has 0 radical (unpaired) electrons. The second-order valence-electron chi connectivity index (χ2n) is 4.46. The largest absolute Gasteiger partial charge is 0.467 e. The van der Waals surface area contributed by atoms with Gasteiger partial charge in [0.25, 0.3) is 0 Å². The Morgan fingerprint density at radius 2 is 2.15 bits per heavy atom. The summed E-state index contributed by atoms with van der Waals surface area (Å²) in [6, 6.07) is 7.14. The highest BCUT2D eigenvalue weighted by Crippen LogP contribution is 2.20. The number of fused-ring (bicyclic) bond motifs is 1. The number of aromatic nitrogens is 1. The maximum atomic E-state index is 11.9. The average Bonchev–Trinajstić information content (AvgIpc) is 2.79. The van der Waals surface area contributed by atoms with Gasteiger partial charge in [0.05, 0.1) is 7.11 Å². The van der Waals surface area contributed by atoms with Crippen LogP contribution < -0.4 is 5.32 Å². The molecule has 2 aromatic rings. The van der Waals surface area contributed by atoms with Crippen LogP contribution >= 0.6 is 15.9 Å². The third kappa shape index (κ3) is 3.19. The van der Waals surface area contributed by atoms with Gasteiger partial charge in [0.2, 0.25) is 5.91 Å². The Morgan fingerprint density at radius 1 is 1.40 bits per heavy atom. The Morgan fingerprint density at radius 3 is 2.85 bits per heavy atom. The van der Waals surface area contributed by atoms with Gasteiger partial charge in [0.15, 0.2) is 0 Å². The molecule has 0 spiro atoms. The maximum Gasteiger partial charge on any atom is 0.328 e. The molecule has 5 nitrogen and oxygen atoms in total. The molecule has 1 N–H and O–H groups in total. The molecule has 20 heavy (non-hydrogen) atoms. The molecule has 6 heteroatoms. The van der Waals surface area contributed by atoms with Gasteiger partial charge in [-0.15, -0.1) is 0 Å². The van der Waals surface area contributed by atoms with Gasteiger partial charge in [-0.25, -0.2) is 4.79 Å². The van der Waals surface area contributed by atoms with E-state index in [1.807, 2.05) is 35.0 Å². The van der Waals surface area contributed by atoms with E-state index in [1.54, 1.807) is 6.92 Å². The van der Waals surface area contributed by atoms with Crippen LogP contribution in [0.3, 0.4) is 0 Å². The first-order valence-corrected chi connectivity index (χ1v) is 6.92. The topological polar surface area (TPSA) is 60.3 Å². The number of benzene rings is 1. The number of amides is 1. The molecule has 106 valence electrons. The average molecular weight is 339 g/mol. The molecular weight excluding hydrogens is 324 g/mol. The van der Waals surface area contributed by atoms with Gasteiger partial charge in [-0.05, 0) is 31.2 Å². The molecule has 0 aliphatic rings. The lowest BCUT2D eigenvalue weighted by Gasteiger charge is -2.12. The fourth-order valence-electron chi connectivity index (χ4n) is 1.99. The lowest BCUT2D eigenvalue weighted by molar-refractivity contribution is -0.144. The van der Waals surface area contributed by atoms with Gasteiger partial charge in [-0.1, -0.05) is 15.9 Å². The van der Waals surface area contributed by atoms with Crippen molar-refractivity contribution in [3.8, 4) is 0 Å². The number of carbonyl (C=O) groups excluding carboxylic acids is 2. The predicted octanol–water partition coefficient (Wildman–Crippen LogP) is 2.08. The van der Waals surface area contributed by atoms with Gasteiger partial charge in [-0.3, -0.25) is 4.79 Å². The molecule has 0 bridgehead atoms. The number of methoxy groups -OCH3 is 1. The number of esters is 1. The highest BCUT2D eigenvalue weighted by atomic mass is 79.9. The molecule has 0 aliphatic heterocycles. The molecule has 1 aromatic heterocycles. The Kier molecular flexibility index (Phi) is 4.44. The number of hydrogen-bond acceptors (Lipinski definition) is 3. The van der Waals surface area contributed by atoms with Crippen molar-refractivity contribution in [1.82, 2.24) is 9.88 Å². The Hall–Kier alpha value is -1.82. The molecule has 0 aliphatic carbocycles. The summed E-state index contributed by atoms with van der Waals surface area (Å²) in [5.41, 5.74) is 0.967. The van der Waals surface area contributed by atoms with E-state index in [2.05, 4.69) is 26.0 Å². The number of nitrogens with zero attached hydrogens (tertiary/aromatic N) is 1. The quantitative estimate of drug-likeness (QED) is 0.868. The van der Waals surface area contributed by atoms with E-state index in [4.69, 9.17) is 0 Å². The van der Waals surface area contributed by atoms with Crippen molar-refractivity contribution in [2.24, 2.45) is 0 Å². The summed E-state index contributed by atoms with van der Waals surface area (Å²) >= 11 is 3.41. The van der Waals surface area contributed by atoms with Crippen LogP contribution in [0.25, 0.3) is 10.9 Å². The molecule has 0 fully saturated rings. The zero-order valence-corrected chi connectivity index (χ0v) is 12.8. The van der Waals surface area contributed by atoms with Gasteiger partial charge in [0, 0.05) is 21.6 Å². The van der Waals surface area contributed by atoms with Crippen LogP contribution in [0, 0.1) is 0 Å². The second-order valence-corrected chi connectivity index (χ2v) is 5.37. The van der Waals surface area contributed by atoms with E-state index in [0.29, 0.717) is 0 Å². The summed E-state index contributed by atoms with van der Waals surface area (Å²) in [6.45, 7) is 1.75. The summed E-state index contributed by atoms with van der Waals surface area (Å²) in [7, 11) is 1.29. The van der Waals surface area contributed by atoms with Crippen molar-refractivity contribution >= 4 is 38.7 Å². The second kappa shape index (κ2) is 6.09. The minimum atomic E-state index is -0.650. The van der Waals surface area contributed by atoms with E-state index >= 15 is 0 Å². The number of carbonyl (C=O) groups is 2. The van der Waals surface area contributed by atoms with Gasteiger partial charge >= 0.3 is 5.97 Å². The van der Waals surface area contributed by atoms with Gasteiger partial charge in [0.1, 0.15) is 12.6 Å². The van der Waals surface area contributed by atoms with Crippen molar-refractivity contribution < 1.29 is 14.3 Å². The van der Waals surface area contributed by atoms with Crippen molar-refractivity contribution in [3.05, 3.63) is 34.9 Å². The smallest absolute Gasteiger partial charge is 0.328 e. The summed E-state index contributed by atoms with van der Waals surface area (Å²) < 4.78 is 7.39. The van der Waals surface area contributed by atoms with E-state index < -0.39 is 12.0 Å². The Bertz CT molecular complexity index is 651. The molecule has 1 aromatic carbocycles. The summed E-state index contributed by atoms with van der Waals surface area (Å²) in [5, 5.41) is 3.65. The fraction of sp³-hybridized carbons (Fsp3) is 0.286. The number of halogens is 1. The van der Waals surface area contributed by atoms with Crippen LogP contribution in [0.4, 0.5) is 0 Å². The van der Waals surface area contributed by atoms with E-state index in [1.165, 1.54) is 7.11 Å². The lowest BCUT2D eigenvalue weighted by atomic mass is 10.2. The van der Waals surface area contributed by atoms with Crippen LogP contribution in [0.5, 0.6) is 0 Å². The molecule has 0 unspecified atom stereocenters. The van der Waals surface area contributed by atoms with E-state index in [0.717, 1.165) is 15.4 Å². The zero-order valence-electron chi connectivity index (χ0n) is 11.2. The summed E-state index contributed by atoms with van der Waals surface area (Å²) in [6.07, 6.45) is 1.85. The molecule has 0 saturated heterocycles. The Labute approximate surface area is 125 Å². The van der Waals surface area contributed by atoms with Crippen LogP contribution in [0.2, 0.25) is 0 Å². The molecule has 1 heterocycles. The molecule has 1 amide bonds. The van der Waals surface area contributed by atoms with Crippen molar-refractivity contribution in [2.45, 2.75) is 19.5 Å². The van der Waals surface area contributed by atoms with Crippen LogP contribution in [0.15, 0.2) is 34.9 Å². The first-order valence-electron chi connectivity index (χ1n) is 6.13. The van der Waals surface area contributed by atoms with Gasteiger partial charge < -0.3 is 14.6 Å².